The Hall–Kier alpha value is -1.55. The molecule has 0 aromatic heterocycles. The lowest BCUT2D eigenvalue weighted by Gasteiger charge is -2.17. The van der Waals surface area contributed by atoms with Gasteiger partial charge in [-0.05, 0) is 43.2 Å². The summed E-state index contributed by atoms with van der Waals surface area (Å²) in [5.41, 5.74) is 0. The molecular weight excluding hydrogens is 292 g/mol. The summed E-state index contributed by atoms with van der Waals surface area (Å²) in [4.78, 5) is 10.5. The first kappa shape index (κ1) is 17.8. The van der Waals surface area contributed by atoms with E-state index >= 15 is 0 Å². The van der Waals surface area contributed by atoms with Crippen LogP contribution in [0.3, 0.4) is 0 Å². The van der Waals surface area contributed by atoms with Gasteiger partial charge in [-0.2, -0.15) is 0 Å². The van der Waals surface area contributed by atoms with Gasteiger partial charge in [0.15, 0.2) is 0 Å². The van der Waals surface area contributed by atoms with Crippen molar-refractivity contribution >= 4 is 5.97 Å². The molecule has 1 aliphatic heterocycles. The number of benzene rings is 1. The Labute approximate surface area is 138 Å². The highest BCUT2D eigenvalue weighted by atomic mass is 16.5. The van der Waals surface area contributed by atoms with Gasteiger partial charge in [0, 0.05) is 19.6 Å². The number of carbonyl (C=O) groups is 1. The lowest BCUT2D eigenvalue weighted by atomic mass is 9.88. The molecule has 1 heterocycles. The summed E-state index contributed by atoms with van der Waals surface area (Å²) in [6, 6.07) is 9.94. The van der Waals surface area contributed by atoms with Crippen molar-refractivity contribution in [2.45, 2.75) is 44.9 Å². The fraction of sp³-hybridized carbons (Fsp3) is 0.632. The van der Waals surface area contributed by atoms with Crippen molar-refractivity contribution in [1.82, 2.24) is 0 Å². The molecule has 1 aliphatic rings. The fourth-order valence-corrected chi connectivity index (χ4v) is 3.16. The number of rotatable bonds is 11. The number of ether oxygens (including phenoxy) is 2. The van der Waals surface area contributed by atoms with E-state index in [1.54, 1.807) is 0 Å². The summed E-state index contributed by atoms with van der Waals surface area (Å²) in [7, 11) is 0. The van der Waals surface area contributed by atoms with E-state index in [1.165, 1.54) is 12.8 Å². The topological polar surface area (TPSA) is 55.8 Å². The SMILES string of the molecule is O=C(O)CCCCCCC1COCC1CCOc1ccccc1. The van der Waals surface area contributed by atoms with Crippen molar-refractivity contribution < 1.29 is 19.4 Å². The molecule has 1 N–H and O–H groups in total. The van der Waals surface area contributed by atoms with Crippen LogP contribution < -0.4 is 4.74 Å². The molecule has 1 aromatic carbocycles. The molecule has 2 rings (SSSR count). The third-order valence-corrected chi connectivity index (χ3v) is 4.55. The standard InChI is InChI=1S/C19H28O4/c20-19(21)11-7-2-1-4-8-16-14-22-15-17(16)12-13-23-18-9-5-3-6-10-18/h3,5-6,9-10,16-17H,1-2,4,7-8,11-15H2,(H,20,21). The maximum atomic E-state index is 10.5. The Balaban J connectivity index is 1.56. The van der Waals surface area contributed by atoms with E-state index in [2.05, 4.69) is 0 Å². The van der Waals surface area contributed by atoms with Crippen LogP contribution in [-0.4, -0.2) is 30.9 Å². The smallest absolute Gasteiger partial charge is 0.303 e. The van der Waals surface area contributed by atoms with Gasteiger partial charge in [-0.15, -0.1) is 0 Å². The zero-order chi connectivity index (χ0) is 16.3. The molecule has 128 valence electrons. The van der Waals surface area contributed by atoms with Crippen LogP contribution in [0, 0.1) is 11.8 Å². The number of hydrogen-bond acceptors (Lipinski definition) is 3. The minimum atomic E-state index is -0.687. The number of hydrogen-bond donors (Lipinski definition) is 1. The Kier molecular flexibility index (Phi) is 7.95. The quantitative estimate of drug-likeness (QED) is 0.623. The lowest BCUT2D eigenvalue weighted by Crippen LogP contribution is -2.15. The van der Waals surface area contributed by atoms with Gasteiger partial charge in [-0.1, -0.05) is 37.5 Å². The van der Waals surface area contributed by atoms with Gasteiger partial charge >= 0.3 is 5.97 Å². The summed E-state index contributed by atoms with van der Waals surface area (Å²) < 4.78 is 11.4. The van der Waals surface area contributed by atoms with E-state index in [4.69, 9.17) is 14.6 Å². The largest absolute Gasteiger partial charge is 0.494 e. The Bertz CT molecular complexity index is 446. The fourth-order valence-electron chi connectivity index (χ4n) is 3.16. The van der Waals surface area contributed by atoms with E-state index in [9.17, 15) is 4.79 Å². The van der Waals surface area contributed by atoms with E-state index in [0.717, 1.165) is 51.3 Å². The Morgan fingerprint density at radius 1 is 1.04 bits per heavy atom. The molecule has 1 saturated heterocycles. The van der Waals surface area contributed by atoms with Gasteiger partial charge in [0.1, 0.15) is 5.75 Å². The molecule has 2 atom stereocenters. The number of carboxylic acid groups (broad SMARTS) is 1. The Morgan fingerprint density at radius 3 is 2.48 bits per heavy atom. The van der Waals surface area contributed by atoms with Crippen molar-refractivity contribution in [3.63, 3.8) is 0 Å². The maximum absolute atomic E-state index is 10.5. The van der Waals surface area contributed by atoms with E-state index in [-0.39, 0.29) is 0 Å². The second-order valence-electron chi connectivity index (χ2n) is 6.35. The second kappa shape index (κ2) is 10.3. The average Bonchev–Trinajstić information content (AvgIpc) is 2.99. The van der Waals surface area contributed by atoms with Gasteiger partial charge in [0.05, 0.1) is 6.61 Å². The molecule has 0 amide bonds. The lowest BCUT2D eigenvalue weighted by molar-refractivity contribution is -0.137. The van der Waals surface area contributed by atoms with Gasteiger partial charge in [0.2, 0.25) is 0 Å². The summed E-state index contributed by atoms with van der Waals surface area (Å²) in [6.45, 7) is 2.46. The average molecular weight is 320 g/mol. The predicted molar refractivity (Wildman–Crippen MR) is 89.7 cm³/mol. The first-order valence-electron chi connectivity index (χ1n) is 8.73. The normalized spacial score (nSPS) is 20.5. The van der Waals surface area contributed by atoms with Crippen molar-refractivity contribution in [1.29, 1.82) is 0 Å². The third-order valence-electron chi connectivity index (χ3n) is 4.55. The third kappa shape index (κ3) is 7.04. The maximum Gasteiger partial charge on any atom is 0.303 e. The summed E-state index contributed by atoms with van der Waals surface area (Å²) in [5.74, 6) is 1.47. The Morgan fingerprint density at radius 2 is 1.74 bits per heavy atom. The van der Waals surface area contributed by atoms with E-state index < -0.39 is 5.97 Å². The van der Waals surface area contributed by atoms with Gasteiger partial charge < -0.3 is 14.6 Å². The van der Waals surface area contributed by atoms with Gasteiger partial charge in [-0.25, -0.2) is 0 Å². The van der Waals surface area contributed by atoms with Crippen LogP contribution in [0.2, 0.25) is 0 Å². The van der Waals surface area contributed by atoms with Crippen molar-refractivity contribution in [3.8, 4) is 5.75 Å². The first-order chi connectivity index (χ1) is 11.3. The molecule has 0 bridgehead atoms. The highest BCUT2D eigenvalue weighted by Crippen LogP contribution is 2.29. The van der Waals surface area contributed by atoms with Gasteiger partial charge in [0.25, 0.3) is 0 Å². The van der Waals surface area contributed by atoms with E-state index in [1.807, 2.05) is 30.3 Å². The van der Waals surface area contributed by atoms with Crippen molar-refractivity contribution in [2.24, 2.45) is 11.8 Å². The number of aliphatic carboxylic acids is 1. The molecule has 0 aliphatic carbocycles. The number of unbranched alkanes of at least 4 members (excludes halogenated alkanes) is 3. The number of carboxylic acids is 1. The zero-order valence-corrected chi connectivity index (χ0v) is 13.8. The molecule has 1 fully saturated rings. The van der Waals surface area contributed by atoms with Crippen molar-refractivity contribution in [2.75, 3.05) is 19.8 Å². The molecule has 4 nitrogen and oxygen atoms in total. The summed E-state index contributed by atoms with van der Waals surface area (Å²) in [6.07, 6.45) is 6.63. The van der Waals surface area contributed by atoms with Crippen LogP contribution >= 0.6 is 0 Å². The second-order valence-corrected chi connectivity index (χ2v) is 6.35. The van der Waals surface area contributed by atoms with Crippen LogP contribution in [0.4, 0.5) is 0 Å². The molecule has 4 heteroatoms. The van der Waals surface area contributed by atoms with Crippen molar-refractivity contribution in [3.05, 3.63) is 30.3 Å². The minimum Gasteiger partial charge on any atom is -0.494 e. The van der Waals surface area contributed by atoms with Crippen LogP contribution in [0.25, 0.3) is 0 Å². The molecule has 2 unspecified atom stereocenters. The predicted octanol–water partition coefficient (Wildman–Crippen LogP) is 4.14. The molecule has 0 spiro atoms. The summed E-state index contributed by atoms with van der Waals surface area (Å²) >= 11 is 0. The zero-order valence-electron chi connectivity index (χ0n) is 13.8. The molecule has 23 heavy (non-hydrogen) atoms. The number of para-hydroxylation sites is 1. The summed E-state index contributed by atoms with van der Waals surface area (Å²) in [5, 5.41) is 8.61. The van der Waals surface area contributed by atoms with Crippen LogP contribution in [0.1, 0.15) is 44.9 Å². The highest BCUT2D eigenvalue weighted by molar-refractivity contribution is 5.66. The van der Waals surface area contributed by atoms with Crippen LogP contribution in [-0.2, 0) is 9.53 Å². The molecule has 1 aromatic rings. The molecular formula is C19H28O4. The van der Waals surface area contributed by atoms with Crippen LogP contribution in [0.5, 0.6) is 5.75 Å². The van der Waals surface area contributed by atoms with Gasteiger partial charge in [-0.3, -0.25) is 4.79 Å². The van der Waals surface area contributed by atoms with Crippen LogP contribution in [0.15, 0.2) is 30.3 Å². The monoisotopic (exact) mass is 320 g/mol. The van der Waals surface area contributed by atoms with E-state index in [0.29, 0.717) is 18.3 Å². The first-order valence-corrected chi connectivity index (χ1v) is 8.73. The molecule has 0 radical (unpaired) electrons. The minimum absolute atomic E-state index is 0.298. The molecule has 0 saturated carbocycles. The highest BCUT2D eigenvalue weighted by Gasteiger charge is 2.27.